The number of H-pyrrole nitrogens is 1. The van der Waals surface area contributed by atoms with Gasteiger partial charge in [0, 0.05) is 13.0 Å². The summed E-state index contributed by atoms with van der Waals surface area (Å²) < 4.78 is 0. The minimum absolute atomic E-state index is 0.198. The minimum Gasteiger partial charge on any atom is -0.311 e. The molecule has 1 heterocycles. The molecule has 0 radical (unpaired) electrons. The third-order valence-electron chi connectivity index (χ3n) is 1.14. The van der Waals surface area contributed by atoms with Gasteiger partial charge < -0.3 is 10.3 Å². The Kier molecular flexibility index (Phi) is 3.04. The molecule has 0 atom stereocenters. The van der Waals surface area contributed by atoms with E-state index in [1.54, 1.807) is 0 Å². The number of anilines is 1. The summed E-state index contributed by atoms with van der Waals surface area (Å²) in [6, 6.07) is 1.18. The summed E-state index contributed by atoms with van der Waals surface area (Å²) in [5.74, 6) is -0.0877. The van der Waals surface area contributed by atoms with Crippen molar-refractivity contribution in [2.75, 3.05) is 5.32 Å². The molecule has 1 amide bonds. The Labute approximate surface area is 78.1 Å². The maximum atomic E-state index is 10.9. The predicted octanol–water partition coefficient (Wildman–Crippen LogP) is -0.306. The van der Waals surface area contributed by atoms with Crippen molar-refractivity contribution < 1.29 is 4.79 Å². The van der Waals surface area contributed by atoms with Crippen LogP contribution < -0.4 is 16.0 Å². The second kappa shape index (κ2) is 4.06. The van der Waals surface area contributed by atoms with E-state index in [9.17, 15) is 9.59 Å². The summed E-state index contributed by atoms with van der Waals surface area (Å²) in [6.45, 7) is 1.33. The summed E-state index contributed by atoms with van der Waals surface area (Å²) in [4.78, 5) is 27.8. The van der Waals surface area contributed by atoms with Crippen LogP contribution in [0.5, 0.6) is 0 Å². The summed E-state index contributed by atoms with van der Waals surface area (Å²) in [5.41, 5.74) is -0.355. The van der Waals surface area contributed by atoms with E-state index in [0.717, 1.165) is 11.9 Å². The van der Waals surface area contributed by atoms with Crippen molar-refractivity contribution in [2.24, 2.45) is 5.14 Å². The van der Waals surface area contributed by atoms with Crippen molar-refractivity contribution >= 4 is 23.7 Å². The zero-order chi connectivity index (χ0) is 9.84. The van der Waals surface area contributed by atoms with E-state index < -0.39 is 0 Å². The van der Waals surface area contributed by atoms with Gasteiger partial charge in [-0.25, -0.2) is 4.98 Å². The maximum Gasteiger partial charge on any atom is 0.253 e. The first-order chi connectivity index (χ1) is 6.11. The highest BCUT2D eigenvalue weighted by molar-refractivity contribution is 7.96. The molecule has 0 aliphatic carbocycles. The molecule has 0 aromatic carbocycles. The quantitative estimate of drug-likeness (QED) is 0.449. The lowest BCUT2D eigenvalue weighted by molar-refractivity contribution is -0.114. The Morgan fingerprint density at radius 3 is 3.00 bits per heavy atom. The van der Waals surface area contributed by atoms with Crippen molar-refractivity contribution in [3.05, 3.63) is 16.4 Å². The first-order valence-electron chi connectivity index (χ1n) is 3.37. The van der Waals surface area contributed by atoms with Crippen LogP contribution in [0.25, 0.3) is 0 Å². The second-order valence-corrected chi connectivity index (χ2v) is 2.86. The monoisotopic (exact) mass is 200 g/mol. The standard InChI is InChI=1S/C6H8N4O2S/c1-3(11)8-4-2-5(12)10-6(9-4)13-7/h2H,7H2,1H3,(H2,8,9,10,11,12). The molecular weight excluding hydrogens is 192 g/mol. The summed E-state index contributed by atoms with van der Waals surface area (Å²) >= 11 is 0.806. The molecule has 0 spiro atoms. The van der Waals surface area contributed by atoms with Crippen LogP contribution in [0.15, 0.2) is 16.0 Å². The number of nitrogens with two attached hydrogens (primary N) is 1. The van der Waals surface area contributed by atoms with Crippen molar-refractivity contribution in [1.29, 1.82) is 0 Å². The molecule has 0 bridgehead atoms. The molecule has 0 unspecified atom stereocenters. The van der Waals surface area contributed by atoms with E-state index >= 15 is 0 Å². The topological polar surface area (TPSA) is 101 Å². The van der Waals surface area contributed by atoms with Gasteiger partial charge in [0.2, 0.25) is 5.91 Å². The molecule has 7 heteroatoms. The summed E-state index contributed by atoms with van der Waals surface area (Å²) in [7, 11) is 0. The molecule has 0 fully saturated rings. The molecule has 13 heavy (non-hydrogen) atoms. The molecule has 1 aromatic heterocycles. The first-order valence-corrected chi connectivity index (χ1v) is 4.25. The Bertz CT molecular complexity index is 375. The van der Waals surface area contributed by atoms with Gasteiger partial charge >= 0.3 is 0 Å². The van der Waals surface area contributed by atoms with Crippen molar-refractivity contribution in [1.82, 2.24) is 9.97 Å². The number of amides is 1. The lowest BCUT2D eigenvalue weighted by Gasteiger charge is -2.00. The molecule has 1 rings (SSSR count). The number of aromatic amines is 1. The smallest absolute Gasteiger partial charge is 0.253 e. The Hall–Kier alpha value is -1.34. The van der Waals surface area contributed by atoms with Gasteiger partial charge in [0.05, 0.1) is 0 Å². The maximum absolute atomic E-state index is 10.9. The normalized spacial score (nSPS) is 9.69. The number of aromatic nitrogens is 2. The summed E-state index contributed by atoms with van der Waals surface area (Å²) in [6.07, 6.45) is 0. The van der Waals surface area contributed by atoms with Crippen LogP contribution in [0, 0.1) is 0 Å². The zero-order valence-corrected chi connectivity index (χ0v) is 7.64. The van der Waals surface area contributed by atoms with E-state index in [2.05, 4.69) is 15.3 Å². The number of carbonyl (C=O) groups is 1. The van der Waals surface area contributed by atoms with E-state index in [4.69, 9.17) is 5.14 Å². The molecule has 1 aromatic rings. The summed E-state index contributed by atoms with van der Waals surface area (Å²) in [5, 5.41) is 7.83. The van der Waals surface area contributed by atoms with Gasteiger partial charge in [-0.05, 0) is 11.9 Å². The fourth-order valence-corrected chi connectivity index (χ4v) is 1.05. The SMILES string of the molecule is CC(=O)Nc1cc(=O)[nH]c(SN)n1. The third-order valence-corrected chi connectivity index (χ3v) is 1.55. The molecule has 4 N–H and O–H groups in total. The molecule has 70 valence electrons. The Balaban J connectivity index is 3.01. The Morgan fingerprint density at radius 1 is 1.77 bits per heavy atom. The molecule has 0 saturated carbocycles. The molecule has 0 saturated heterocycles. The lowest BCUT2D eigenvalue weighted by atomic mass is 10.5. The number of hydrogen-bond donors (Lipinski definition) is 3. The van der Waals surface area contributed by atoms with E-state index in [0.29, 0.717) is 0 Å². The van der Waals surface area contributed by atoms with Crippen LogP contribution in [-0.4, -0.2) is 15.9 Å². The van der Waals surface area contributed by atoms with Gasteiger partial charge in [-0.3, -0.25) is 14.7 Å². The average Bonchev–Trinajstić information content (AvgIpc) is 2.01. The number of rotatable bonds is 2. The van der Waals surface area contributed by atoms with Crippen LogP contribution in [0.1, 0.15) is 6.92 Å². The number of nitrogens with one attached hydrogen (secondary N) is 2. The average molecular weight is 200 g/mol. The highest BCUT2D eigenvalue weighted by Gasteiger charge is 2.01. The number of hydrogen-bond acceptors (Lipinski definition) is 5. The molecular formula is C6H8N4O2S. The molecule has 0 aliphatic rings. The first kappa shape index (κ1) is 9.75. The second-order valence-electron chi connectivity index (χ2n) is 2.23. The van der Waals surface area contributed by atoms with Crippen molar-refractivity contribution in [3.63, 3.8) is 0 Å². The largest absolute Gasteiger partial charge is 0.311 e. The zero-order valence-electron chi connectivity index (χ0n) is 6.83. The van der Waals surface area contributed by atoms with Gasteiger partial charge in [0.15, 0.2) is 5.16 Å². The van der Waals surface area contributed by atoms with Gasteiger partial charge in [-0.2, -0.15) is 0 Å². The van der Waals surface area contributed by atoms with Gasteiger partial charge in [-0.1, -0.05) is 0 Å². The van der Waals surface area contributed by atoms with E-state index in [1.165, 1.54) is 13.0 Å². The van der Waals surface area contributed by atoms with Gasteiger partial charge in [-0.15, -0.1) is 0 Å². The van der Waals surface area contributed by atoms with Crippen molar-refractivity contribution in [3.8, 4) is 0 Å². The van der Waals surface area contributed by atoms with E-state index in [-0.39, 0.29) is 22.4 Å². The molecule has 0 aliphatic heterocycles. The van der Waals surface area contributed by atoms with Crippen molar-refractivity contribution in [2.45, 2.75) is 12.1 Å². The number of nitrogens with zero attached hydrogens (tertiary/aromatic N) is 1. The fraction of sp³-hybridized carbons (Fsp3) is 0.167. The highest BCUT2D eigenvalue weighted by atomic mass is 32.2. The van der Waals surface area contributed by atoms with Crippen LogP contribution in [0.3, 0.4) is 0 Å². The number of carbonyl (C=O) groups excluding carboxylic acids is 1. The Morgan fingerprint density at radius 2 is 2.46 bits per heavy atom. The predicted molar refractivity (Wildman–Crippen MR) is 49.2 cm³/mol. The third kappa shape index (κ3) is 2.88. The fourth-order valence-electron chi connectivity index (χ4n) is 0.735. The highest BCUT2D eigenvalue weighted by Crippen LogP contribution is 2.05. The van der Waals surface area contributed by atoms with Crippen LogP contribution in [0.4, 0.5) is 5.82 Å². The minimum atomic E-state index is -0.355. The van der Waals surface area contributed by atoms with Crippen LogP contribution in [-0.2, 0) is 4.79 Å². The van der Waals surface area contributed by atoms with Gasteiger partial charge in [0.1, 0.15) is 5.82 Å². The molecule has 6 nitrogen and oxygen atoms in total. The van der Waals surface area contributed by atoms with Gasteiger partial charge in [0.25, 0.3) is 5.56 Å². The lowest BCUT2D eigenvalue weighted by Crippen LogP contribution is -2.14. The van der Waals surface area contributed by atoms with Crippen LogP contribution >= 0.6 is 11.9 Å². The van der Waals surface area contributed by atoms with E-state index in [1.807, 2.05) is 0 Å². The van der Waals surface area contributed by atoms with Crippen LogP contribution in [0.2, 0.25) is 0 Å².